The Labute approximate surface area is 512 Å². The summed E-state index contributed by atoms with van der Waals surface area (Å²) in [5.41, 5.74) is 53.2. The molecule has 1 aromatic rings. The molecule has 5 heterocycles. The number of aromatic nitrogens is 1. The van der Waals surface area contributed by atoms with Crippen LogP contribution in [0.2, 0.25) is 0 Å². The standard InChI is InChI=1S/C9H15N2O2.2C7H16N2.C7H18N2.C6H14N2O.C6H14N2.C6H16N2.C5H14N2.C4H12N2.C3H9NO/c1-12-8-3-5-11(6-4-10)7-9(8)13-2;1-7-3-2-5-9(7)6-4-8;8-4-7-9-5-2-1-3-6-9;1-3-9(4-2)7-5-6-8;7-1-2-8-3-5-9-6-4-8;7-3-6-8-4-1-2-5-8;1-3-8(4-2)6-5-7;1-7(2)5-3-4-6;1-6(2)4-3-5;1-5-3-2-4/h3,5,7H,4,6,10H2,1-2H3;7H,2-6,8H2,1H3;1-8H2;3-8H2,1-2H3;1-7H2;1-7H2;3-7H2,1-2H3;3-6H2,1-2H3;3-5H2,1-2H3;2-4H2,1H3/q+1;;;;;;;;;. The molecule has 1 atom stereocenters. The van der Waals surface area contributed by atoms with Crippen molar-refractivity contribution in [1.29, 1.82) is 0 Å². The number of hydrogen-bond donors (Lipinski definition) is 10. The Kier molecular flexibility index (Phi) is 78.3. The number of morpholine rings is 1. The van der Waals surface area contributed by atoms with Crippen molar-refractivity contribution in [3.8, 4) is 11.5 Å². The third-order valence-electron chi connectivity index (χ3n) is 13.6. The molecule has 502 valence electrons. The average molecular weight is 1200 g/mol. The first-order chi connectivity index (χ1) is 40.1. The summed E-state index contributed by atoms with van der Waals surface area (Å²) in [4.78, 5) is 18.5. The lowest BCUT2D eigenvalue weighted by Gasteiger charge is -2.25. The average Bonchev–Trinajstić information content (AvgIpc) is 4.22. The highest BCUT2D eigenvalue weighted by molar-refractivity contribution is 5.34. The van der Waals surface area contributed by atoms with Crippen LogP contribution in [0.5, 0.6) is 11.5 Å². The van der Waals surface area contributed by atoms with Gasteiger partial charge in [0.15, 0.2) is 18.5 Å². The van der Waals surface area contributed by atoms with E-state index in [4.69, 9.17) is 71.5 Å². The van der Waals surface area contributed by atoms with Crippen molar-refractivity contribution in [3.05, 3.63) is 18.5 Å². The molecule has 0 saturated carbocycles. The maximum absolute atomic E-state index is 5.43. The minimum absolute atomic E-state index is 0.611. The van der Waals surface area contributed by atoms with Crippen LogP contribution in [0, 0.1) is 0 Å². The van der Waals surface area contributed by atoms with Gasteiger partial charge >= 0.3 is 0 Å². The Morgan fingerprint density at radius 2 is 0.940 bits per heavy atom. The van der Waals surface area contributed by atoms with Crippen LogP contribution in [0.1, 0.15) is 92.4 Å². The number of nitrogens with two attached hydrogens (primary N) is 10. The number of ether oxygens (including phenoxy) is 4. The Hall–Kier alpha value is -2.05. The number of piperidine rings is 1. The van der Waals surface area contributed by atoms with E-state index in [2.05, 4.69) is 92.7 Å². The molecule has 4 aliphatic heterocycles. The van der Waals surface area contributed by atoms with Crippen LogP contribution in [-0.2, 0) is 16.0 Å². The van der Waals surface area contributed by atoms with Gasteiger partial charge in [-0.2, -0.15) is 0 Å². The molecule has 0 aliphatic carbocycles. The molecule has 0 spiro atoms. The molecule has 1 aromatic heterocycles. The van der Waals surface area contributed by atoms with Crippen molar-refractivity contribution in [2.24, 2.45) is 57.3 Å². The molecule has 4 saturated heterocycles. The number of likely N-dealkylation sites (tertiary alicyclic amines) is 3. The van der Waals surface area contributed by atoms with Gasteiger partial charge in [-0.3, -0.25) is 9.80 Å². The SMILES string of the molecule is CC1CCCN1CCN.CCN(CC)CCCN.CCN(CC)CCN.CN(C)CCCN.CN(C)CCN.COCCN.COc1cc[n+](CCN)cc1OC.NCCN1CCCC1.NCCN1CCCCC1.NCCN1CCOCC1. The van der Waals surface area contributed by atoms with E-state index >= 15 is 0 Å². The van der Waals surface area contributed by atoms with Crippen molar-refractivity contribution < 1.29 is 23.5 Å². The lowest BCUT2D eigenvalue weighted by Crippen LogP contribution is -2.39. The van der Waals surface area contributed by atoms with E-state index in [0.29, 0.717) is 19.7 Å². The smallest absolute Gasteiger partial charge is 0.225 e. The molecule has 5 rings (SSSR count). The molecule has 0 bridgehead atoms. The molecule has 1 unspecified atom stereocenters. The van der Waals surface area contributed by atoms with E-state index in [-0.39, 0.29) is 0 Å². The summed E-state index contributed by atoms with van der Waals surface area (Å²) in [6.45, 7) is 43.3. The Balaban J connectivity index is -0.000000274. The van der Waals surface area contributed by atoms with Crippen molar-refractivity contribution >= 4 is 0 Å². The molecule has 0 radical (unpaired) electrons. The van der Waals surface area contributed by atoms with Crippen LogP contribution < -0.4 is 71.4 Å². The highest BCUT2D eigenvalue weighted by Crippen LogP contribution is 2.23. The zero-order valence-electron chi connectivity index (χ0n) is 56.4. The molecule has 83 heavy (non-hydrogen) atoms. The van der Waals surface area contributed by atoms with E-state index in [9.17, 15) is 0 Å². The fraction of sp³-hybridized carbons (Fsp3) is 0.917. The second-order valence-electron chi connectivity index (χ2n) is 21.0. The zero-order valence-corrected chi connectivity index (χ0v) is 56.4. The number of rotatable bonds is 28. The van der Waals surface area contributed by atoms with E-state index in [1.165, 1.54) is 77.7 Å². The number of likely N-dealkylation sites (N-methyl/N-ethyl adjacent to an activating group) is 2. The second-order valence-corrected chi connectivity index (χ2v) is 21.0. The summed E-state index contributed by atoms with van der Waals surface area (Å²) >= 11 is 0. The molecule has 4 aliphatic rings. The number of pyridine rings is 1. The molecular formula is C60H144N19O4+. The summed E-state index contributed by atoms with van der Waals surface area (Å²) in [5, 5.41) is 0. The fourth-order valence-corrected chi connectivity index (χ4v) is 8.53. The Morgan fingerprint density at radius 3 is 1.25 bits per heavy atom. The van der Waals surface area contributed by atoms with E-state index in [0.717, 1.165) is 194 Å². The largest absolute Gasteiger partial charge is 0.492 e. The lowest BCUT2D eigenvalue weighted by molar-refractivity contribution is -0.694. The summed E-state index contributed by atoms with van der Waals surface area (Å²) in [6.07, 6.45) is 15.6. The van der Waals surface area contributed by atoms with E-state index in [1.807, 2.05) is 37.1 Å². The molecule has 0 amide bonds. The van der Waals surface area contributed by atoms with Gasteiger partial charge in [-0.15, -0.1) is 0 Å². The molecular weight excluding hydrogens is 1050 g/mol. The van der Waals surface area contributed by atoms with Crippen molar-refractivity contribution in [2.45, 2.75) is 105 Å². The first-order valence-electron chi connectivity index (χ1n) is 31.9. The van der Waals surface area contributed by atoms with Gasteiger partial charge in [-0.1, -0.05) is 34.1 Å². The quantitative estimate of drug-likeness (QED) is 0.0497. The van der Waals surface area contributed by atoms with Gasteiger partial charge in [0.25, 0.3) is 0 Å². The Bertz CT molecular complexity index is 1300. The zero-order chi connectivity index (χ0) is 63.6. The predicted molar refractivity (Wildman–Crippen MR) is 358 cm³/mol. The minimum atomic E-state index is 0.611. The van der Waals surface area contributed by atoms with Crippen LogP contribution >= 0.6 is 0 Å². The third-order valence-corrected chi connectivity index (χ3v) is 13.6. The van der Waals surface area contributed by atoms with Crippen molar-refractivity contribution in [3.63, 3.8) is 0 Å². The summed E-state index contributed by atoms with van der Waals surface area (Å²) < 4.78 is 21.9. The maximum Gasteiger partial charge on any atom is 0.225 e. The molecule has 0 aromatic carbocycles. The first-order valence-corrected chi connectivity index (χ1v) is 31.9. The van der Waals surface area contributed by atoms with Crippen LogP contribution in [-0.4, -0.2) is 304 Å². The van der Waals surface area contributed by atoms with Gasteiger partial charge in [-0.05, 0) is 172 Å². The second kappa shape index (κ2) is 72.4. The van der Waals surface area contributed by atoms with Crippen LogP contribution in [0.3, 0.4) is 0 Å². The molecule has 23 nitrogen and oxygen atoms in total. The monoisotopic (exact) mass is 1200 g/mol. The molecule has 23 heteroatoms. The summed E-state index contributed by atoms with van der Waals surface area (Å²) in [7, 11) is 13.0. The van der Waals surface area contributed by atoms with Gasteiger partial charge in [-0.25, -0.2) is 4.57 Å². The van der Waals surface area contributed by atoms with Crippen molar-refractivity contribution in [1.82, 2.24) is 39.2 Å². The lowest BCUT2D eigenvalue weighted by atomic mass is 10.1. The first kappa shape index (κ1) is 89.7. The maximum atomic E-state index is 5.43. The Morgan fingerprint density at radius 1 is 0.494 bits per heavy atom. The highest BCUT2D eigenvalue weighted by atomic mass is 16.5. The predicted octanol–water partition coefficient (Wildman–Crippen LogP) is 0.0875. The number of nitrogens with zero attached hydrogens (tertiary/aromatic N) is 9. The number of methoxy groups -OCH3 is 3. The van der Waals surface area contributed by atoms with E-state index < -0.39 is 0 Å². The summed E-state index contributed by atoms with van der Waals surface area (Å²) in [5.74, 6) is 1.45. The van der Waals surface area contributed by atoms with E-state index in [1.54, 1.807) is 21.3 Å². The van der Waals surface area contributed by atoms with Crippen LogP contribution in [0.25, 0.3) is 0 Å². The fourth-order valence-electron chi connectivity index (χ4n) is 8.53. The van der Waals surface area contributed by atoms with Crippen molar-refractivity contribution in [2.75, 3.05) is 259 Å². The van der Waals surface area contributed by atoms with Crippen LogP contribution in [0.4, 0.5) is 0 Å². The third kappa shape index (κ3) is 64.3. The normalized spacial score (nSPS) is 16.0. The molecule has 4 fully saturated rings. The van der Waals surface area contributed by atoms with Crippen LogP contribution in [0.15, 0.2) is 18.5 Å². The van der Waals surface area contributed by atoms with Gasteiger partial charge in [0, 0.05) is 117 Å². The van der Waals surface area contributed by atoms with Gasteiger partial charge in [0.1, 0.15) is 0 Å². The summed E-state index contributed by atoms with van der Waals surface area (Å²) in [6, 6.07) is 2.64. The van der Waals surface area contributed by atoms with Gasteiger partial charge in [0.05, 0.1) is 40.6 Å². The topological polar surface area (TPSA) is 327 Å². The number of hydrogen-bond acceptors (Lipinski definition) is 22. The van der Waals surface area contributed by atoms with Gasteiger partial charge in [0.2, 0.25) is 11.9 Å². The van der Waals surface area contributed by atoms with Gasteiger partial charge < -0.3 is 106 Å². The molecule has 20 N–H and O–H groups in total. The minimum Gasteiger partial charge on any atom is -0.492 e. The highest BCUT2D eigenvalue weighted by Gasteiger charge is 2.18.